The largest absolute Gasteiger partial charge is 0.342 e. The second-order valence-electron chi connectivity index (χ2n) is 5.47. The Kier molecular flexibility index (Phi) is 4.54. The molecule has 0 aromatic heterocycles. The average molecular weight is 328 g/mol. The monoisotopic (exact) mass is 328 g/mol. The summed E-state index contributed by atoms with van der Waals surface area (Å²) < 4.78 is 5.68. The van der Waals surface area contributed by atoms with Gasteiger partial charge in [0.15, 0.2) is 0 Å². The molecule has 3 rings (SSSR count). The van der Waals surface area contributed by atoms with E-state index in [-0.39, 0.29) is 24.2 Å². The smallest absolute Gasteiger partial charge is 0.277 e. The van der Waals surface area contributed by atoms with Gasteiger partial charge in [-0.15, -0.1) is 0 Å². The lowest BCUT2D eigenvalue weighted by Crippen LogP contribution is -2.44. The van der Waals surface area contributed by atoms with Crippen molar-refractivity contribution in [3.05, 3.63) is 75.8 Å². The number of nitro benzene ring substituents is 1. The third-order valence-corrected chi connectivity index (χ3v) is 3.60. The van der Waals surface area contributed by atoms with Gasteiger partial charge in [0.25, 0.3) is 11.6 Å². The van der Waals surface area contributed by atoms with Crippen LogP contribution >= 0.6 is 0 Å². The molecule has 0 bridgehead atoms. The van der Waals surface area contributed by atoms with Gasteiger partial charge in [-0.05, 0) is 19.1 Å². The molecule has 24 heavy (non-hydrogen) atoms. The Morgan fingerprint density at radius 1 is 1.21 bits per heavy atom. The number of ether oxygens (including phenoxy) is 1. The third-order valence-electron chi connectivity index (χ3n) is 3.60. The number of benzene rings is 2. The molecule has 1 saturated heterocycles. The molecule has 0 aliphatic carbocycles. The van der Waals surface area contributed by atoms with Crippen molar-refractivity contribution < 1.29 is 19.3 Å². The normalized spacial score (nSPS) is 20.6. The number of non-ortho nitro benzene ring substituents is 1. The fraction of sp³-hybridized carbons (Fsp3) is 0.235. The maximum Gasteiger partial charge on any atom is 0.277 e. The Balaban J connectivity index is 1.82. The summed E-state index contributed by atoms with van der Waals surface area (Å²) in [5.74, 6) is -0.277. The van der Waals surface area contributed by atoms with E-state index in [0.29, 0.717) is 11.1 Å². The van der Waals surface area contributed by atoms with Crippen LogP contribution in [-0.4, -0.2) is 28.5 Å². The van der Waals surface area contributed by atoms with Gasteiger partial charge in [0, 0.05) is 23.3 Å². The Morgan fingerprint density at radius 2 is 1.96 bits per heavy atom. The van der Waals surface area contributed by atoms with Gasteiger partial charge in [0.1, 0.15) is 0 Å². The number of hydrogen-bond acceptors (Lipinski definition) is 5. The molecule has 124 valence electrons. The summed E-state index contributed by atoms with van der Waals surface area (Å²) in [6.07, 6.45) is -1.14. The first-order valence-electron chi connectivity index (χ1n) is 7.48. The molecule has 1 fully saturated rings. The van der Waals surface area contributed by atoms with E-state index in [1.165, 1.54) is 17.2 Å². The van der Waals surface area contributed by atoms with Crippen LogP contribution in [0.3, 0.4) is 0 Å². The van der Waals surface area contributed by atoms with Crippen LogP contribution in [0.25, 0.3) is 0 Å². The van der Waals surface area contributed by atoms with Crippen LogP contribution in [-0.2, 0) is 9.57 Å². The second kappa shape index (κ2) is 6.77. The SMILES string of the molecule is C[C@@H]1CN(C(=O)c2ccccc2)O[C@@H](c2cccc([N+](=O)[O-])c2)O1. The van der Waals surface area contributed by atoms with E-state index in [9.17, 15) is 14.9 Å². The summed E-state index contributed by atoms with van der Waals surface area (Å²) in [6.45, 7) is 2.09. The molecular formula is C17H16N2O5. The van der Waals surface area contributed by atoms with E-state index in [4.69, 9.17) is 9.57 Å². The first kappa shape index (κ1) is 16.1. The Hall–Kier alpha value is -2.77. The zero-order valence-electron chi connectivity index (χ0n) is 13.0. The highest BCUT2D eigenvalue weighted by atomic mass is 16.8. The van der Waals surface area contributed by atoms with Crippen molar-refractivity contribution in [3.63, 3.8) is 0 Å². The fourth-order valence-corrected chi connectivity index (χ4v) is 2.45. The van der Waals surface area contributed by atoms with E-state index in [0.717, 1.165) is 0 Å². The number of hydrogen-bond donors (Lipinski definition) is 0. The van der Waals surface area contributed by atoms with Gasteiger partial charge in [-0.25, -0.2) is 9.90 Å². The molecule has 2 aromatic carbocycles. The van der Waals surface area contributed by atoms with E-state index in [2.05, 4.69) is 0 Å². The van der Waals surface area contributed by atoms with Gasteiger partial charge >= 0.3 is 0 Å². The zero-order valence-corrected chi connectivity index (χ0v) is 13.0. The summed E-state index contributed by atoms with van der Waals surface area (Å²) in [4.78, 5) is 28.6. The van der Waals surface area contributed by atoms with Gasteiger partial charge in [0.2, 0.25) is 6.29 Å². The van der Waals surface area contributed by atoms with Crippen LogP contribution in [0, 0.1) is 10.1 Å². The maximum atomic E-state index is 12.5. The Morgan fingerprint density at radius 3 is 2.67 bits per heavy atom. The molecule has 1 amide bonds. The van der Waals surface area contributed by atoms with Crippen molar-refractivity contribution in [2.24, 2.45) is 0 Å². The second-order valence-corrected chi connectivity index (χ2v) is 5.47. The highest BCUT2D eigenvalue weighted by Gasteiger charge is 2.31. The van der Waals surface area contributed by atoms with Crippen molar-refractivity contribution in [2.45, 2.75) is 19.3 Å². The van der Waals surface area contributed by atoms with Crippen LogP contribution in [0.15, 0.2) is 54.6 Å². The molecular weight excluding hydrogens is 312 g/mol. The molecule has 1 aliphatic rings. The highest BCUT2D eigenvalue weighted by molar-refractivity contribution is 5.93. The van der Waals surface area contributed by atoms with Gasteiger partial charge in [-0.2, -0.15) is 0 Å². The Labute approximate surface area is 138 Å². The lowest BCUT2D eigenvalue weighted by Gasteiger charge is -2.35. The molecule has 1 heterocycles. The average Bonchev–Trinajstić information content (AvgIpc) is 2.61. The van der Waals surface area contributed by atoms with Crippen LogP contribution in [0.5, 0.6) is 0 Å². The molecule has 0 unspecified atom stereocenters. The molecule has 0 radical (unpaired) electrons. The predicted octanol–water partition coefficient (Wildman–Crippen LogP) is 3.09. The van der Waals surface area contributed by atoms with Crippen LogP contribution < -0.4 is 0 Å². The summed E-state index contributed by atoms with van der Waals surface area (Å²) in [6, 6.07) is 14.8. The van der Waals surface area contributed by atoms with Gasteiger partial charge in [-0.1, -0.05) is 30.3 Å². The topological polar surface area (TPSA) is 81.9 Å². The summed E-state index contributed by atoms with van der Waals surface area (Å²) >= 11 is 0. The van der Waals surface area contributed by atoms with E-state index < -0.39 is 11.2 Å². The number of amides is 1. The molecule has 2 atom stereocenters. The Bertz CT molecular complexity index is 750. The molecule has 0 N–H and O–H groups in total. The van der Waals surface area contributed by atoms with Crippen molar-refractivity contribution >= 4 is 11.6 Å². The number of hydroxylamine groups is 2. The van der Waals surface area contributed by atoms with Gasteiger partial charge < -0.3 is 4.74 Å². The summed E-state index contributed by atoms with van der Waals surface area (Å²) in [7, 11) is 0. The predicted molar refractivity (Wildman–Crippen MR) is 84.9 cm³/mol. The summed E-state index contributed by atoms with van der Waals surface area (Å²) in [5, 5.41) is 12.2. The molecule has 0 saturated carbocycles. The maximum absolute atomic E-state index is 12.5. The number of carbonyl (C=O) groups excluding carboxylic acids is 1. The third kappa shape index (κ3) is 3.42. The van der Waals surface area contributed by atoms with Crippen LogP contribution in [0.2, 0.25) is 0 Å². The first-order valence-corrected chi connectivity index (χ1v) is 7.48. The van der Waals surface area contributed by atoms with Crippen molar-refractivity contribution in [2.75, 3.05) is 6.54 Å². The van der Waals surface area contributed by atoms with Gasteiger partial charge in [0.05, 0.1) is 17.6 Å². The lowest BCUT2D eigenvalue weighted by molar-refractivity contribution is -0.385. The van der Waals surface area contributed by atoms with E-state index in [1.807, 2.05) is 13.0 Å². The molecule has 7 nitrogen and oxygen atoms in total. The minimum absolute atomic E-state index is 0.0566. The minimum atomic E-state index is -0.874. The lowest BCUT2D eigenvalue weighted by atomic mass is 10.2. The van der Waals surface area contributed by atoms with E-state index >= 15 is 0 Å². The van der Waals surface area contributed by atoms with Crippen molar-refractivity contribution in [1.29, 1.82) is 0 Å². The van der Waals surface area contributed by atoms with Crippen LogP contribution in [0.4, 0.5) is 5.69 Å². The number of nitro groups is 1. The number of nitrogens with zero attached hydrogens (tertiary/aromatic N) is 2. The quantitative estimate of drug-likeness (QED) is 0.639. The number of carbonyl (C=O) groups is 1. The van der Waals surface area contributed by atoms with Crippen molar-refractivity contribution in [1.82, 2.24) is 5.06 Å². The van der Waals surface area contributed by atoms with E-state index in [1.54, 1.807) is 36.4 Å². The summed E-state index contributed by atoms with van der Waals surface area (Å²) in [5.41, 5.74) is 0.935. The number of rotatable bonds is 3. The molecule has 1 aliphatic heterocycles. The highest BCUT2D eigenvalue weighted by Crippen LogP contribution is 2.29. The molecule has 7 heteroatoms. The van der Waals surface area contributed by atoms with Crippen molar-refractivity contribution in [3.8, 4) is 0 Å². The standard InChI is InChI=1S/C17H16N2O5/c1-12-11-18(16(20)13-6-3-2-4-7-13)24-17(23-12)14-8-5-9-15(10-14)19(21)22/h2-10,12,17H,11H2,1H3/t12-,17+/m1/s1. The fourth-order valence-electron chi connectivity index (χ4n) is 2.45. The minimum Gasteiger partial charge on any atom is -0.342 e. The van der Waals surface area contributed by atoms with Crippen LogP contribution in [0.1, 0.15) is 29.1 Å². The van der Waals surface area contributed by atoms with Gasteiger partial charge in [-0.3, -0.25) is 14.9 Å². The molecule has 2 aromatic rings. The first-order chi connectivity index (χ1) is 11.5. The zero-order chi connectivity index (χ0) is 17.1. The molecule has 0 spiro atoms.